The standard InChI is InChI=1S/C13H13FN2O3/c1-7-11(13(17)18)12(16(2)15-7)8-4-5-10(19-3)9(14)6-8/h4-6H,1-3H3,(H,17,18). The molecule has 0 fully saturated rings. The first-order valence-electron chi connectivity index (χ1n) is 5.56. The second kappa shape index (κ2) is 4.72. The number of hydrogen-bond donors (Lipinski definition) is 1. The summed E-state index contributed by atoms with van der Waals surface area (Å²) in [5.41, 5.74) is 1.28. The van der Waals surface area contributed by atoms with Gasteiger partial charge in [-0.25, -0.2) is 9.18 Å². The van der Waals surface area contributed by atoms with E-state index in [1.165, 1.54) is 23.9 Å². The first kappa shape index (κ1) is 13.1. The number of nitrogens with zero attached hydrogens (tertiary/aromatic N) is 2. The molecule has 100 valence electrons. The molecule has 0 aliphatic rings. The van der Waals surface area contributed by atoms with Crippen molar-refractivity contribution in [1.82, 2.24) is 9.78 Å². The average Bonchev–Trinajstić information content (AvgIpc) is 2.64. The van der Waals surface area contributed by atoms with Gasteiger partial charge in [-0.2, -0.15) is 5.10 Å². The maximum atomic E-state index is 13.7. The second-order valence-corrected chi connectivity index (χ2v) is 4.09. The Bertz CT molecular complexity index is 650. The highest BCUT2D eigenvalue weighted by atomic mass is 19.1. The molecule has 0 atom stereocenters. The number of carboxylic acid groups (broad SMARTS) is 1. The zero-order valence-electron chi connectivity index (χ0n) is 10.8. The molecule has 0 spiro atoms. The van der Waals surface area contributed by atoms with Crippen LogP contribution in [0.2, 0.25) is 0 Å². The van der Waals surface area contributed by atoms with Crippen molar-refractivity contribution in [2.45, 2.75) is 6.92 Å². The summed E-state index contributed by atoms with van der Waals surface area (Å²) >= 11 is 0. The molecule has 1 heterocycles. The Kier molecular flexibility index (Phi) is 3.25. The van der Waals surface area contributed by atoms with Gasteiger partial charge in [-0.15, -0.1) is 0 Å². The number of halogens is 1. The van der Waals surface area contributed by atoms with Crippen molar-refractivity contribution in [3.05, 3.63) is 35.3 Å². The quantitative estimate of drug-likeness (QED) is 0.923. The number of benzene rings is 1. The third-order valence-electron chi connectivity index (χ3n) is 2.86. The van der Waals surface area contributed by atoms with E-state index in [0.717, 1.165) is 0 Å². The molecule has 5 nitrogen and oxygen atoms in total. The highest BCUT2D eigenvalue weighted by molar-refractivity contribution is 5.96. The van der Waals surface area contributed by atoms with Crippen LogP contribution < -0.4 is 4.74 Å². The van der Waals surface area contributed by atoms with E-state index >= 15 is 0 Å². The number of carboxylic acids is 1. The van der Waals surface area contributed by atoms with Gasteiger partial charge >= 0.3 is 5.97 Å². The minimum absolute atomic E-state index is 0.0760. The number of aryl methyl sites for hydroxylation is 2. The first-order valence-corrected chi connectivity index (χ1v) is 5.56. The van der Waals surface area contributed by atoms with E-state index in [9.17, 15) is 14.3 Å². The topological polar surface area (TPSA) is 64.3 Å². The number of aromatic nitrogens is 2. The molecule has 19 heavy (non-hydrogen) atoms. The van der Waals surface area contributed by atoms with E-state index < -0.39 is 11.8 Å². The van der Waals surface area contributed by atoms with Crippen LogP contribution in [0.1, 0.15) is 16.1 Å². The molecule has 0 aliphatic heterocycles. The number of aromatic carboxylic acids is 1. The first-order chi connectivity index (χ1) is 8.95. The van der Waals surface area contributed by atoms with Crippen LogP contribution in [0.15, 0.2) is 18.2 Å². The Labute approximate surface area is 109 Å². The number of ether oxygens (including phenoxy) is 1. The number of rotatable bonds is 3. The second-order valence-electron chi connectivity index (χ2n) is 4.09. The fourth-order valence-electron chi connectivity index (χ4n) is 2.06. The van der Waals surface area contributed by atoms with Crippen molar-refractivity contribution in [3.8, 4) is 17.0 Å². The third kappa shape index (κ3) is 2.16. The van der Waals surface area contributed by atoms with Gasteiger partial charge in [0.25, 0.3) is 0 Å². The van der Waals surface area contributed by atoms with Crippen molar-refractivity contribution >= 4 is 5.97 Å². The third-order valence-corrected chi connectivity index (χ3v) is 2.86. The van der Waals surface area contributed by atoms with Gasteiger partial charge in [0.1, 0.15) is 5.56 Å². The Balaban J connectivity index is 2.65. The molecular weight excluding hydrogens is 251 g/mol. The lowest BCUT2D eigenvalue weighted by atomic mass is 10.1. The lowest BCUT2D eigenvalue weighted by Crippen LogP contribution is -2.02. The Morgan fingerprint density at radius 2 is 2.16 bits per heavy atom. The normalized spacial score (nSPS) is 10.5. The SMILES string of the molecule is COc1ccc(-c2c(C(=O)O)c(C)nn2C)cc1F. The zero-order valence-corrected chi connectivity index (χ0v) is 10.8. The van der Waals surface area contributed by atoms with Gasteiger partial charge < -0.3 is 9.84 Å². The lowest BCUT2D eigenvalue weighted by molar-refractivity contribution is 0.0697. The van der Waals surface area contributed by atoms with Crippen molar-refractivity contribution in [1.29, 1.82) is 0 Å². The van der Waals surface area contributed by atoms with Gasteiger partial charge in [-0.1, -0.05) is 0 Å². The Hall–Kier alpha value is -2.37. The van der Waals surface area contributed by atoms with Gasteiger partial charge in [-0.05, 0) is 25.1 Å². The summed E-state index contributed by atoms with van der Waals surface area (Å²) in [6.45, 7) is 1.60. The molecule has 0 saturated heterocycles. The minimum atomic E-state index is -1.09. The molecule has 0 bridgehead atoms. The van der Waals surface area contributed by atoms with Crippen molar-refractivity contribution in [2.24, 2.45) is 7.05 Å². The summed E-state index contributed by atoms with van der Waals surface area (Å²) in [5, 5.41) is 13.3. The molecule has 0 aliphatic carbocycles. The molecular formula is C13H13FN2O3. The fraction of sp³-hybridized carbons (Fsp3) is 0.231. The van der Waals surface area contributed by atoms with Crippen LogP contribution in [-0.4, -0.2) is 28.0 Å². The molecule has 0 unspecified atom stereocenters. The molecule has 0 saturated carbocycles. The minimum Gasteiger partial charge on any atom is -0.494 e. The number of carbonyl (C=O) groups is 1. The van der Waals surface area contributed by atoms with E-state index in [-0.39, 0.29) is 11.3 Å². The summed E-state index contributed by atoms with van der Waals surface area (Å²) in [4.78, 5) is 11.3. The highest BCUT2D eigenvalue weighted by Gasteiger charge is 2.21. The largest absolute Gasteiger partial charge is 0.494 e. The van der Waals surface area contributed by atoms with Crippen LogP contribution in [0.3, 0.4) is 0 Å². The van der Waals surface area contributed by atoms with Gasteiger partial charge in [0, 0.05) is 12.6 Å². The smallest absolute Gasteiger partial charge is 0.339 e. The summed E-state index contributed by atoms with van der Waals surface area (Å²) in [6, 6.07) is 4.30. The fourth-order valence-corrected chi connectivity index (χ4v) is 2.06. The molecule has 2 aromatic rings. The van der Waals surface area contributed by atoms with Crippen LogP contribution >= 0.6 is 0 Å². The van der Waals surface area contributed by atoms with E-state index in [2.05, 4.69) is 5.10 Å². The summed E-state index contributed by atoms with van der Waals surface area (Å²) in [5.74, 6) is -1.52. The summed E-state index contributed by atoms with van der Waals surface area (Å²) < 4.78 is 20.0. The maximum Gasteiger partial charge on any atom is 0.339 e. The molecule has 2 rings (SSSR count). The van der Waals surface area contributed by atoms with Gasteiger partial charge in [0.05, 0.1) is 18.5 Å². The number of hydrogen-bond acceptors (Lipinski definition) is 3. The predicted octanol–water partition coefficient (Wildman–Crippen LogP) is 2.24. The lowest BCUT2D eigenvalue weighted by Gasteiger charge is -2.07. The summed E-state index contributed by atoms with van der Waals surface area (Å²) in [7, 11) is 2.99. The summed E-state index contributed by atoms with van der Waals surface area (Å²) in [6.07, 6.45) is 0. The van der Waals surface area contributed by atoms with Crippen LogP contribution in [0.4, 0.5) is 4.39 Å². The van der Waals surface area contributed by atoms with E-state index in [1.807, 2.05) is 0 Å². The monoisotopic (exact) mass is 264 g/mol. The Morgan fingerprint density at radius 3 is 2.68 bits per heavy atom. The van der Waals surface area contributed by atoms with Gasteiger partial charge in [-0.3, -0.25) is 4.68 Å². The maximum absolute atomic E-state index is 13.7. The zero-order chi connectivity index (χ0) is 14.2. The van der Waals surface area contributed by atoms with Crippen molar-refractivity contribution in [3.63, 3.8) is 0 Å². The molecule has 6 heteroatoms. The van der Waals surface area contributed by atoms with Gasteiger partial charge in [0.2, 0.25) is 0 Å². The molecule has 1 aromatic heterocycles. The predicted molar refractivity (Wildman–Crippen MR) is 66.9 cm³/mol. The average molecular weight is 264 g/mol. The van der Waals surface area contributed by atoms with Crippen LogP contribution in [0.25, 0.3) is 11.3 Å². The Morgan fingerprint density at radius 1 is 1.47 bits per heavy atom. The molecule has 0 amide bonds. The van der Waals surface area contributed by atoms with Crippen molar-refractivity contribution in [2.75, 3.05) is 7.11 Å². The van der Waals surface area contributed by atoms with Crippen LogP contribution in [0, 0.1) is 12.7 Å². The van der Waals surface area contributed by atoms with Crippen molar-refractivity contribution < 1.29 is 19.0 Å². The molecule has 1 aromatic carbocycles. The van der Waals surface area contributed by atoms with Crippen LogP contribution in [-0.2, 0) is 7.05 Å². The van der Waals surface area contributed by atoms with Gasteiger partial charge in [0.15, 0.2) is 11.6 Å². The van der Waals surface area contributed by atoms with E-state index in [4.69, 9.17) is 4.74 Å². The van der Waals surface area contributed by atoms with E-state index in [0.29, 0.717) is 17.0 Å². The van der Waals surface area contributed by atoms with E-state index in [1.54, 1.807) is 20.0 Å². The molecule has 1 N–H and O–H groups in total. The molecule has 0 radical (unpaired) electrons. The van der Waals surface area contributed by atoms with Crippen LogP contribution in [0.5, 0.6) is 5.75 Å². The number of methoxy groups -OCH3 is 1. The highest BCUT2D eigenvalue weighted by Crippen LogP contribution is 2.29.